The monoisotopic (exact) mass is 272 g/mol. The van der Waals surface area contributed by atoms with Crippen LogP contribution in [0.15, 0.2) is 22.8 Å². The Hall–Kier alpha value is -0.490. The Morgan fingerprint density at radius 3 is 2.33 bits per heavy atom. The van der Waals surface area contributed by atoms with E-state index in [1.807, 2.05) is 12.1 Å². The third-order valence-corrected chi connectivity index (χ3v) is 2.53. The molecule has 1 rings (SSSR count). The summed E-state index contributed by atoms with van der Waals surface area (Å²) in [7, 11) is 0. The molecule has 0 radical (unpaired) electrons. The van der Waals surface area contributed by atoms with Gasteiger partial charge in [0.2, 0.25) is 0 Å². The standard InChI is InChI=1S/C10H17BrN4/c11-9-1-2-10(14-7-9)8-15(5-3-12)6-4-13/h1-2,7H,3-6,8,12-13H2. The summed E-state index contributed by atoms with van der Waals surface area (Å²) >= 11 is 3.36. The Kier molecular flexibility index (Phi) is 5.78. The largest absolute Gasteiger partial charge is 0.329 e. The predicted molar refractivity (Wildman–Crippen MR) is 65.3 cm³/mol. The number of aromatic nitrogens is 1. The summed E-state index contributed by atoms with van der Waals surface area (Å²) in [6.45, 7) is 3.82. The van der Waals surface area contributed by atoms with Gasteiger partial charge < -0.3 is 11.5 Å². The fourth-order valence-electron chi connectivity index (χ4n) is 1.36. The first kappa shape index (κ1) is 12.6. The number of pyridine rings is 1. The molecule has 4 nitrogen and oxygen atoms in total. The van der Waals surface area contributed by atoms with Crippen molar-refractivity contribution in [3.8, 4) is 0 Å². The molecular weight excluding hydrogens is 256 g/mol. The highest BCUT2D eigenvalue weighted by atomic mass is 79.9. The zero-order valence-electron chi connectivity index (χ0n) is 8.69. The molecule has 0 aliphatic carbocycles. The Bertz CT molecular complexity index is 269. The number of hydrogen-bond donors (Lipinski definition) is 2. The molecule has 0 saturated heterocycles. The quantitative estimate of drug-likeness (QED) is 0.795. The second kappa shape index (κ2) is 6.90. The molecule has 84 valence electrons. The van der Waals surface area contributed by atoms with Crippen LogP contribution in [0.5, 0.6) is 0 Å². The minimum absolute atomic E-state index is 0.649. The highest BCUT2D eigenvalue weighted by Gasteiger charge is 2.04. The van der Waals surface area contributed by atoms with Gasteiger partial charge in [-0.05, 0) is 28.1 Å². The maximum Gasteiger partial charge on any atom is 0.0544 e. The highest BCUT2D eigenvalue weighted by Crippen LogP contribution is 2.08. The summed E-state index contributed by atoms with van der Waals surface area (Å²) in [6.07, 6.45) is 1.80. The SMILES string of the molecule is NCCN(CCN)Cc1ccc(Br)cn1. The molecule has 0 amide bonds. The van der Waals surface area contributed by atoms with Gasteiger partial charge in [0.15, 0.2) is 0 Å². The molecule has 4 N–H and O–H groups in total. The van der Waals surface area contributed by atoms with Crippen molar-refractivity contribution in [2.24, 2.45) is 11.5 Å². The Balaban J connectivity index is 2.53. The third-order valence-electron chi connectivity index (χ3n) is 2.06. The number of halogens is 1. The van der Waals surface area contributed by atoms with Crippen molar-refractivity contribution in [3.05, 3.63) is 28.5 Å². The molecule has 0 aromatic carbocycles. The lowest BCUT2D eigenvalue weighted by Gasteiger charge is -2.19. The van der Waals surface area contributed by atoms with Crippen LogP contribution in [0.25, 0.3) is 0 Å². The molecule has 1 aromatic heterocycles. The van der Waals surface area contributed by atoms with Crippen LogP contribution < -0.4 is 11.5 Å². The summed E-state index contributed by atoms with van der Waals surface area (Å²) < 4.78 is 0.996. The van der Waals surface area contributed by atoms with E-state index in [9.17, 15) is 0 Å². The molecule has 0 aliphatic rings. The molecule has 0 bridgehead atoms. The normalized spacial score (nSPS) is 10.9. The fraction of sp³-hybridized carbons (Fsp3) is 0.500. The molecule has 0 saturated carbocycles. The first-order valence-corrected chi connectivity index (χ1v) is 5.78. The number of nitrogens with zero attached hydrogens (tertiary/aromatic N) is 2. The van der Waals surface area contributed by atoms with Crippen LogP contribution in [0.2, 0.25) is 0 Å². The fourth-order valence-corrected chi connectivity index (χ4v) is 1.60. The Morgan fingerprint density at radius 2 is 1.87 bits per heavy atom. The minimum atomic E-state index is 0.649. The van der Waals surface area contributed by atoms with Crippen molar-refractivity contribution < 1.29 is 0 Å². The van der Waals surface area contributed by atoms with E-state index in [1.165, 1.54) is 0 Å². The smallest absolute Gasteiger partial charge is 0.0544 e. The van der Waals surface area contributed by atoms with Gasteiger partial charge in [-0.1, -0.05) is 0 Å². The molecule has 0 aliphatic heterocycles. The second-order valence-electron chi connectivity index (χ2n) is 3.32. The maximum atomic E-state index is 5.53. The number of nitrogens with two attached hydrogens (primary N) is 2. The Labute approximate surface area is 98.8 Å². The van der Waals surface area contributed by atoms with E-state index in [1.54, 1.807) is 6.20 Å². The summed E-state index contributed by atoms with van der Waals surface area (Å²) in [4.78, 5) is 6.52. The average molecular weight is 273 g/mol. The van der Waals surface area contributed by atoms with Crippen LogP contribution >= 0.6 is 15.9 Å². The molecular formula is C10H17BrN4. The van der Waals surface area contributed by atoms with Gasteiger partial charge in [0.1, 0.15) is 0 Å². The van der Waals surface area contributed by atoms with Gasteiger partial charge in [-0.15, -0.1) is 0 Å². The highest BCUT2D eigenvalue weighted by molar-refractivity contribution is 9.10. The molecule has 5 heteroatoms. The first-order valence-electron chi connectivity index (χ1n) is 4.99. The molecule has 1 heterocycles. The van der Waals surface area contributed by atoms with Crippen molar-refractivity contribution in [3.63, 3.8) is 0 Å². The van der Waals surface area contributed by atoms with Gasteiger partial charge in [0, 0.05) is 43.4 Å². The molecule has 0 unspecified atom stereocenters. The zero-order valence-corrected chi connectivity index (χ0v) is 10.3. The molecule has 15 heavy (non-hydrogen) atoms. The summed E-state index contributed by atoms with van der Waals surface area (Å²) in [5.41, 5.74) is 12.1. The summed E-state index contributed by atoms with van der Waals surface area (Å²) in [5, 5.41) is 0. The van der Waals surface area contributed by atoms with E-state index in [0.717, 1.165) is 29.8 Å². The molecule has 1 aromatic rings. The van der Waals surface area contributed by atoms with Crippen molar-refractivity contribution in [1.29, 1.82) is 0 Å². The van der Waals surface area contributed by atoms with Gasteiger partial charge in [0.05, 0.1) is 5.69 Å². The van der Waals surface area contributed by atoms with E-state index in [2.05, 4.69) is 25.8 Å². The third kappa shape index (κ3) is 4.70. The van der Waals surface area contributed by atoms with Crippen LogP contribution in [0.3, 0.4) is 0 Å². The molecule has 0 atom stereocenters. The molecule has 0 fully saturated rings. The zero-order chi connectivity index (χ0) is 11.1. The average Bonchev–Trinajstić information content (AvgIpc) is 2.22. The van der Waals surface area contributed by atoms with Crippen molar-refractivity contribution in [2.45, 2.75) is 6.54 Å². The lowest BCUT2D eigenvalue weighted by Crippen LogP contribution is -2.33. The summed E-state index contributed by atoms with van der Waals surface area (Å²) in [6, 6.07) is 4.00. The predicted octanol–water partition coefficient (Wildman–Crippen LogP) is 0.564. The van der Waals surface area contributed by atoms with Gasteiger partial charge in [0.25, 0.3) is 0 Å². The summed E-state index contributed by atoms with van der Waals surface area (Å²) in [5.74, 6) is 0. The van der Waals surface area contributed by atoms with E-state index in [0.29, 0.717) is 13.1 Å². The van der Waals surface area contributed by atoms with Crippen LogP contribution in [-0.2, 0) is 6.54 Å². The van der Waals surface area contributed by atoms with Crippen molar-refractivity contribution in [1.82, 2.24) is 9.88 Å². The Morgan fingerprint density at radius 1 is 1.20 bits per heavy atom. The lowest BCUT2D eigenvalue weighted by atomic mass is 10.3. The molecule has 0 spiro atoms. The van der Waals surface area contributed by atoms with Crippen molar-refractivity contribution >= 4 is 15.9 Å². The van der Waals surface area contributed by atoms with E-state index in [4.69, 9.17) is 11.5 Å². The van der Waals surface area contributed by atoms with Crippen molar-refractivity contribution in [2.75, 3.05) is 26.2 Å². The van der Waals surface area contributed by atoms with Gasteiger partial charge in [-0.25, -0.2) is 0 Å². The van der Waals surface area contributed by atoms with E-state index in [-0.39, 0.29) is 0 Å². The van der Waals surface area contributed by atoms with Crippen LogP contribution in [0, 0.1) is 0 Å². The van der Waals surface area contributed by atoms with Gasteiger partial charge in [-0.3, -0.25) is 9.88 Å². The number of rotatable bonds is 6. The van der Waals surface area contributed by atoms with Crippen LogP contribution in [-0.4, -0.2) is 36.1 Å². The van der Waals surface area contributed by atoms with Crippen LogP contribution in [0.4, 0.5) is 0 Å². The van der Waals surface area contributed by atoms with Crippen LogP contribution in [0.1, 0.15) is 5.69 Å². The lowest BCUT2D eigenvalue weighted by molar-refractivity contribution is 0.277. The maximum absolute atomic E-state index is 5.53. The van der Waals surface area contributed by atoms with Gasteiger partial charge in [-0.2, -0.15) is 0 Å². The number of hydrogen-bond acceptors (Lipinski definition) is 4. The minimum Gasteiger partial charge on any atom is -0.329 e. The van der Waals surface area contributed by atoms with E-state index < -0.39 is 0 Å². The van der Waals surface area contributed by atoms with Gasteiger partial charge >= 0.3 is 0 Å². The first-order chi connectivity index (χ1) is 7.26. The second-order valence-corrected chi connectivity index (χ2v) is 4.24. The topological polar surface area (TPSA) is 68.2 Å². The van der Waals surface area contributed by atoms with E-state index >= 15 is 0 Å².